The third kappa shape index (κ3) is 4.01. The van der Waals surface area contributed by atoms with Crippen molar-refractivity contribution in [2.45, 2.75) is 26.1 Å². The Morgan fingerprint density at radius 2 is 1.67 bits per heavy atom. The van der Waals surface area contributed by atoms with Gasteiger partial charge in [0.2, 0.25) is 0 Å². The Hall–Kier alpha value is -3.90. The predicted octanol–water partition coefficient (Wildman–Crippen LogP) is 4.49. The maximum Gasteiger partial charge on any atom is 0.162 e. The van der Waals surface area contributed by atoms with Crippen LogP contribution in [0, 0.1) is 0 Å². The lowest BCUT2D eigenvalue weighted by Gasteiger charge is -2.27. The predicted molar refractivity (Wildman–Crippen MR) is 128 cm³/mol. The van der Waals surface area contributed by atoms with Gasteiger partial charge in [0, 0.05) is 61.9 Å². The van der Waals surface area contributed by atoms with E-state index < -0.39 is 0 Å². The molecular formula is C27H24N6. The second-order valence-corrected chi connectivity index (χ2v) is 8.54. The van der Waals surface area contributed by atoms with Crippen molar-refractivity contribution in [3.63, 3.8) is 0 Å². The Balaban J connectivity index is 1.27. The number of aromatic nitrogens is 5. The van der Waals surface area contributed by atoms with Crippen LogP contribution < -0.4 is 0 Å². The van der Waals surface area contributed by atoms with Gasteiger partial charge in [0.15, 0.2) is 5.82 Å². The van der Waals surface area contributed by atoms with E-state index in [0.29, 0.717) is 5.82 Å². The SMILES string of the molecule is c1ccc(Cn2cc(CN3CCc4cnc(-c5cncnc5)nc4C3)c3ccccc32)cc1. The molecule has 162 valence electrons. The van der Waals surface area contributed by atoms with Crippen molar-refractivity contribution in [1.82, 2.24) is 29.4 Å². The average Bonchev–Trinajstić information content (AvgIpc) is 3.21. The zero-order valence-electron chi connectivity index (χ0n) is 18.3. The minimum absolute atomic E-state index is 0.690. The third-order valence-corrected chi connectivity index (χ3v) is 6.30. The summed E-state index contributed by atoms with van der Waals surface area (Å²) in [5, 5.41) is 1.32. The molecule has 6 heteroatoms. The van der Waals surface area contributed by atoms with Gasteiger partial charge in [-0.15, -0.1) is 0 Å². The summed E-state index contributed by atoms with van der Waals surface area (Å²) in [4.78, 5) is 20.1. The molecule has 3 aromatic heterocycles. The van der Waals surface area contributed by atoms with Crippen LogP contribution in [0.5, 0.6) is 0 Å². The summed E-state index contributed by atoms with van der Waals surface area (Å²) in [5.41, 5.74) is 7.13. The second-order valence-electron chi connectivity index (χ2n) is 8.54. The molecule has 5 aromatic rings. The molecule has 6 nitrogen and oxygen atoms in total. The molecule has 0 bridgehead atoms. The van der Waals surface area contributed by atoms with Crippen LogP contribution in [-0.4, -0.2) is 35.9 Å². The Morgan fingerprint density at radius 1 is 0.848 bits per heavy atom. The van der Waals surface area contributed by atoms with E-state index >= 15 is 0 Å². The van der Waals surface area contributed by atoms with E-state index in [9.17, 15) is 0 Å². The number of hydrogen-bond acceptors (Lipinski definition) is 5. The van der Waals surface area contributed by atoms with Crippen molar-refractivity contribution in [3.8, 4) is 11.4 Å². The highest BCUT2D eigenvalue weighted by Gasteiger charge is 2.21. The molecule has 0 atom stereocenters. The Kier molecular flexibility index (Phi) is 5.13. The van der Waals surface area contributed by atoms with Crippen LogP contribution in [0.4, 0.5) is 0 Å². The highest BCUT2D eigenvalue weighted by atomic mass is 15.1. The Labute approximate surface area is 192 Å². The van der Waals surface area contributed by atoms with E-state index in [4.69, 9.17) is 4.98 Å². The summed E-state index contributed by atoms with van der Waals surface area (Å²) in [6, 6.07) is 19.3. The van der Waals surface area contributed by atoms with Crippen LogP contribution in [0.2, 0.25) is 0 Å². The van der Waals surface area contributed by atoms with Crippen LogP contribution in [0.1, 0.15) is 22.4 Å². The first-order chi connectivity index (χ1) is 16.3. The van der Waals surface area contributed by atoms with E-state index in [1.54, 1.807) is 12.4 Å². The van der Waals surface area contributed by atoms with Gasteiger partial charge in [-0.25, -0.2) is 19.9 Å². The molecule has 0 fully saturated rings. The molecule has 33 heavy (non-hydrogen) atoms. The van der Waals surface area contributed by atoms with Gasteiger partial charge < -0.3 is 4.57 Å². The fraction of sp³-hybridized carbons (Fsp3) is 0.185. The minimum atomic E-state index is 0.690. The second kappa shape index (κ2) is 8.56. The summed E-state index contributed by atoms with van der Waals surface area (Å²) in [6.07, 6.45) is 10.3. The van der Waals surface area contributed by atoms with Crippen LogP contribution in [0.15, 0.2) is 85.7 Å². The molecule has 0 aliphatic carbocycles. The largest absolute Gasteiger partial charge is 0.343 e. The normalized spacial score (nSPS) is 13.8. The number of hydrogen-bond donors (Lipinski definition) is 0. The molecule has 0 amide bonds. The average molecular weight is 433 g/mol. The number of fused-ring (bicyclic) bond motifs is 2. The topological polar surface area (TPSA) is 59.7 Å². The molecule has 0 unspecified atom stereocenters. The highest BCUT2D eigenvalue weighted by Crippen LogP contribution is 2.26. The van der Waals surface area contributed by atoms with Crippen LogP contribution in [0.25, 0.3) is 22.3 Å². The maximum atomic E-state index is 4.86. The summed E-state index contributed by atoms with van der Waals surface area (Å²) >= 11 is 0. The van der Waals surface area contributed by atoms with Gasteiger partial charge >= 0.3 is 0 Å². The van der Waals surface area contributed by atoms with Crippen molar-refractivity contribution in [3.05, 3.63) is 108 Å². The van der Waals surface area contributed by atoms with Crippen molar-refractivity contribution >= 4 is 10.9 Å². The zero-order valence-corrected chi connectivity index (χ0v) is 18.3. The fourth-order valence-electron chi connectivity index (χ4n) is 4.65. The van der Waals surface area contributed by atoms with E-state index in [0.717, 1.165) is 43.9 Å². The molecule has 4 heterocycles. The molecule has 1 aliphatic rings. The Bertz CT molecular complexity index is 1390. The quantitative estimate of drug-likeness (QED) is 0.409. The first kappa shape index (κ1) is 19.8. The van der Waals surface area contributed by atoms with Crippen LogP contribution in [-0.2, 0) is 26.1 Å². The number of nitrogens with zero attached hydrogens (tertiary/aromatic N) is 6. The molecule has 2 aromatic carbocycles. The lowest BCUT2D eigenvalue weighted by atomic mass is 10.1. The number of benzene rings is 2. The summed E-state index contributed by atoms with van der Waals surface area (Å²) in [6.45, 7) is 3.59. The van der Waals surface area contributed by atoms with Gasteiger partial charge in [-0.05, 0) is 29.2 Å². The first-order valence-electron chi connectivity index (χ1n) is 11.3. The van der Waals surface area contributed by atoms with Crippen molar-refractivity contribution < 1.29 is 0 Å². The van der Waals surface area contributed by atoms with Crippen molar-refractivity contribution in [1.29, 1.82) is 0 Å². The standard InChI is InChI=1S/C27H24N6/c1-2-6-20(7-3-1)15-33-17-23(24-8-4-5-9-26(24)33)16-32-11-10-21-14-30-27(31-25(21)18-32)22-12-28-19-29-13-22/h1-9,12-14,17,19H,10-11,15-16,18H2. The minimum Gasteiger partial charge on any atom is -0.343 e. The molecule has 0 saturated heterocycles. The molecule has 6 rings (SSSR count). The van der Waals surface area contributed by atoms with Gasteiger partial charge in [-0.1, -0.05) is 48.5 Å². The first-order valence-corrected chi connectivity index (χ1v) is 11.3. The zero-order chi connectivity index (χ0) is 22.0. The van der Waals surface area contributed by atoms with Gasteiger partial charge in [0.1, 0.15) is 6.33 Å². The van der Waals surface area contributed by atoms with E-state index in [2.05, 4.69) is 85.2 Å². The third-order valence-electron chi connectivity index (χ3n) is 6.30. The lowest BCUT2D eigenvalue weighted by Crippen LogP contribution is -2.31. The monoisotopic (exact) mass is 432 g/mol. The lowest BCUT2D eigenvalue weighted by molar-refractivity contribution is 0.242. The van der Waals surface area contributed by atoms with Crippen LogP contribution >= 0.6 is 0 Å². The van der Waals surface area contributed by atoms with E-state index in [1.165, 1.54) is 33.9 Å². The van der Waals surface area contributed by atoms with E-state index in [1.807, 2.05) is 6.20 Å². The number of para-hydroxylation sites is 1. The number of rotatable bonds is 5. The van der Waals surface area contributed by atoms with Crippen molar-refractivity contribution in [2.24, 2.45) is 0 Å². The van der Waals surface area contributed by atoms with Crippen molar-refractivity contribution in [2.75, 3.05) is 6.54 Å². The van der Waals surface area contributed by atoms with Crippen LogP contribution in [0.3, 0.4) is 0 Å². The molecule has 1 aliphatic heterocycles. The molecule has 0 N–H and O–H groups in total. The summed E-state index contributed by atoms with van der Waals surface area (Å²) in [5.74, 6) is 0.690. The fourth-order valence-corrected chi connectivity index (χ4v) is 4.65. The Morgan fingerprint density at radius 3 is 2.55 bits per heavy atom. The van der Waals surface area contributed by atoms with Gasteiger partial charge in [0.25, 0.3) is 0 Å². The molecular weight excluding hydrogens is 408 g/mol. The summed E-state index contributed by atoms with van der Waals surface area (Å²) in [7, 11) is 0. The summed E-state index contributed by atoms with van der Waals surface area (Å²) < 4.78 is 2.37. The van der Waals surface area contributed by atoms with Gasteiger partial charge in [-0.2, -0.15) is 0 Å². The molecule has 0 spiro atoms. The van der Waals surface area contributed by atoms with Gasteiger partial charge in [0.05, 0.1) is 11.3 Å². The maximum absolute atomic E-state index is 4.86. The van der Waals surface area contributed by atoms with E-state index in [-0.39, 0.29) is 0 Å². The molecule has 0 radical (unpaired) electrons. The molecule has 0 saturated carbocycles. The highest BCUT2D eigenvalue weighted by molar-refractivity contribution is 5.84. The van der Waals surface area contributed by atoms with Gasteiger partial charge in [-0.3, -0.25) is 4.90 Å². The smallest absolute Gasteiger partial charge is 0.162 e.